The Morgan fingerprint density at radius 1 is 1.32 bits per heavy atom. The van der Waals surface area contributed by atoms with Crippen molar-refractivity contribution in [3.05, 3.63) is 50.1 Å². The van der Waals surface area contributed by atoms with Crippen molar-refractivity contribution in [2.24, 2.45) is 0 Å². The smallest absolute Gasteiger partial charge is 0.338 e. The van der Waals surface area contributed by atoms with Crippen molar-refractivity contribution < 1.29 is 9.53 Å². The van der Waals surface area contributed by atoms with Gasteiger partial charge in [0.1, 0.15) is 0 Å². The summed E-state index contributed by atoms with van der Waals surface area (Å²) in [6.45, 7) is 4.25. The highest BCUT2D eigenvalue weighted by atomic mass is 127. The molecule has 0 saturated heterocycles. The van der Waals surface area contributed by atoms with E-state index in [4.69, 9.17) is 4.74 Å². The lowest BCUT2D eigenvalue weighted by atomic mass is 9.94. The second-order valence-electron chi connectivity index (χ2n) is 4.59. The zero-order valence-electron chi connectivity index (χ0n) is 11.2. The highest BCUT2D eigenvalue weighted by Crippen LogP contribution is 2.24. The summed E-state index contributed by atoms with van der Waals surface area (Å²) in [7, 11) is 0. The number of benzene rings is 1. The minimum Gasteiger partial charge on any atom is -0.462 e. The van der Waals surface area contributed by atoms with Gasteiger partial charge in [-0.15, -0.1) is 0 Å². The fraction of sp³-hybridized carbons (Fsp3) is 0.312. The largest absolute Gasteiger partial charge is 0.462 e. The number of aryl methyl sites for hydroxylation is 1. The number of allylic oxidation sites excluding steroid dienone is 1. The summed E-state index contributed by atoms with van der Waals surface area (Å²) in [5.41, 5.74) is 4.32. The molecule has 100 valence electrons. The number of ether oxygens (including phenoxy) is 1. The van der Waals surface area contributed by atoms with Gasteiger partial charge in [-0.25, -0.2) is 4.79 Å². The Bertz CT molecular complexity index is 556. The number of carbonyl (C=O) groups is 1. The average molecular weight is 368 g/mol. The zero-order valence-corrected chi connectivity index (χ0v) is 13.4. The Morgan fingerprint density at radius 2 is 2.11 bits per heavy atom. The molecule has 0 fully saturated rings. The van der Waals surface area contributed by atoms with Gasteiger partial charge < -0.3 is 4.74 Å². The topological polar surface area (TPSA) is 26.3 Å². The molecule has 0 heterocycles. The Hall–Kier alpha value is -1.10. The van der Waals surface area contributed by atoms with E-state index in [0.717, 1.165) is 18.4 Å². The van der Waals surface area contributed by atoms with Crippen LogP contribution in [0.3, 0.4) is 0 Å². The monoisotopic (exact) mass is 368 g/mol. The summed E-state index contributed by atoms with van der Waals surface area (Å²) in [6.07, 6.45) is 5.77. The Balaban J connectivity index is 2.37. The standard InChI is InChI=1S/C16H17IO2/c1-3-19-16(18)15-9-7-13-10-14(17)8-6-12(13)5-4-11(15)2/h6-10H,3-5H2,1-2H3/b9-7-,15-11-. The van der Waals surface area contributed by atoms with Gasteiger partial charge in [0.15, 0.2) is 0 Å². The third-order valence-electron chi connectivity index (χ3n) is 3.26. The molecule has 0 amide bonds. The van der Waals surface area contributed by atoms with Crippen LogP contribution in [0.4, 0.5) is 0 Å². The normalized spacial score (nSPS) is 20.2. The van der Waals surface area contributed by atoms with Gasteiger partial charge in [-0.3, -0.25) is 0 Å². The molecular formula is C16H17IO2. The van der Waals surface area contributed by atoms with Crippen molar-refractivity contribution in [1.82, 2.24) is 0 Å². The number of hydrogen-bond donors (Lipinski definition) is 0. The Labute approximate surface area is 127 Å². The Kier molecular flexibility index (Phi) is 4.80. The maximum Gasteiger partial charge on any atom is 0.338 e. The van der Waals surface area contributed by atoms with Crippen LogP contribution in [-0.2, 0) is 16.0 Å². The molecule has 2 rings (SSSR count). The highest BCUT2D eigenvalue weighted by molar-refractivity contribution is 14.1. The van der Waals surface area contributed by atoms with E-state index in [1.165, 1.54) is 14.7 Å². The lowest BCUT2D eigenvalue weighted by Gasteiger charge is -2.13. The van der Waals surface area contributed by atoms with Gasteiger partial charge in [-0.1, -0.05) is 17.7 Å². The molecule has 0 atom stereocenters. The molecule has 0 N–H and O–H groups in total. The third kappa shape index (κ3) is 3.47. The maximum absolute atomic E-state index is 11.9. The lowest BCUT2D eigenvalue weighted by Crippen LogP contribution is -2.09. The molecule has 19 heavy (non-hydrogen) atoms. The number of hydrogen-bond acceptors (Lipinski definition) is 2. The van der Waals surface area contributed by atoms with Crippen LogP contribution in [0.25, 0.3) is 6.08 Å². The van der Waals surface area contributed by atoms with Gasteiger partial charge >= 0.3 is 5.97 Å². The highest BCUT2D eigenvalue weighted by Gasteiger charge is 2.14. The lowest BCUT2D eigenvalue weighted by molar-refractivity contribution is -0.138. The van der Waals surface area contributed by atoms with E-state index >= 15 is 0 Å². The van der Waals surface area contributed by atoms with Crippen LogP contribution in [0.5, 0.6) is 0 Å². The number of fused-ring (bicyclic) bond motifs is 1. The summed E-state index contributed by atoms with van der Waals surface area (Å²) in [4.78, 5) is 11.9. The van der Waals surface area contributed by atoms with Crippen LogP contribution in [0.1, 0.15) is 31.4 Å². The number of halogens is 1. The molecule has 0 radical (unpaired) electrons. The van der Waals surface area contributed by atoms with Gasteiger partial charge in [0.2, 0.25) is 0 Å². The van der Waals surface area contributed by atoms with E-state index in [-0.39, 0.29) is 5.97 Å². The third-order valence-corrected chi connectivity index (χ3v) is 3.93. The molecule has 0 unspecified atom stereocenters. The van der Waals surface area contributed by atoms with Crippen molar-refractivity contribution in [3.8, 4) is 0 Å². The second kappa shape index (κ2) is 6.37. The quantitative estimate of drug-likeness (QED) is 0.580. The van der Waals surface area contributed by atoms with Crippen LogP contribution in [0.2, 0.25) is 0 Å². The molecule has 1 aromatic carbocycles. The molecule has 1 aliphatic rings. The van der Waals surface area contributed by atoms with Crippen LogP contribution in [-0.4, -0.2) is 12.6 Å². The molecular weight excluding hydrogens is 351 g/mol. The molecule has 1 aromatic rings. The van der Waals surface area contributed by atoms with E-state index in [1.807, 2.05) is 26.0 Å². The van der Waals surface area contributed by atoms with Crippen molar-refractivity contribution in [2.45, 2.75) is 26.7 Å². The first-order valence-electron chi connectivity index (χ1n) is 6.45. The molecule has 1 aliphatic carbocycles. The molecule has 3 heteroatoms. The van der Waals surface area contributed by atoms with Crippen LogP contribution < -0.4 is 0 Å². The number of esters is 1. The summed E-state index contributed by atoms with van der Waals surface area (Å²) in [5.74, 6) is -0.217. The SMILES string of the molecule is CCOC(=O)C1=C(/C)CCc2ccc(I)cc2/C=C\1. The second-order valence-corrected chi connectivity index (χ2v) is 5.84. The van der Waals surface area contributed by atoms with Crippen LogP contribution in [0, 0.1) is 3.57 Å². The maximum atomic E-state index is 11.9. The van der Waals surface area contributed by atoms with E-state index in [0.29, 0.717) is 12.2 Å². The molecule has 0 bridgehead atoms. The predicted molar refractivity (Wildman–Crippen MR) is 85.8 cm³/mol. The van der Waals surface area contributed by atoms with E-state index in [9.17, 15) is 4.79 Å². The van der Waals surface area contributed by atoms with E-state index < -0.39 is 0 Å². The first kappa shape index (κ1) is 14.3. The fourth-order valence-corrected chi connectivity index (χ4v) is 2.69. The molecule has 0 aromatic heterocycles. The minimum absolute atomic E-state index is 0.217. The van der Waals surface area contributed by atoms with Gasteiger partial charge in [0.05, 0.1) is 12.2 Å². The van der Waals surface area contributed by atoms with Crippen molar-refractivity contribution in [3.63, 3.8) is 0 Å². The van der Waals surface area contributed by atoms with Gasteiger partial charge in [0.25, 0.3) is 0 Å². The first-order valence-corrected chi connectivity index (χ1v) is 7.53. The zero-order chi connectivity index (χ0) is 13.8. The predicted octanol–water partition coefficient (Wildman–Crippen LogP) is 4.13. The fourth-order valence-electron chi connectivity index (χ4n) is 2.17. The van der Waals surface area contributed by atoms with Gasteiger partial charge in [0, 0.05) is 3.57 Å². The molecule has 0 aliphatic heterocycles. The van der Waals surface area contributed by atoms with Crippen LogP contribution in [0.15, 0.2) is 35.4 Å². The molecule has 0 saturated carbocycles. The Morgan fingerprint density at radius 3 is 2.84 bits per heavy atom. The average Bonchev–Trinajstić information content (AvgIpc) is 2.36. The summed E-state index contributed by atoms with van der Waals surface area (Å²) in [5, 5.41) is 0. The van der Waals surface area contributed by atoms with Crippen molar-refractivity contribution >= 4 is 34.6 Å². The van der Waals surface area contributed by atoms with Crippen molar-refractivity contribution in [2.75, 3.05) is 6.61 Å². The summed E-state index contributed by atoms with van der Waals surface area (Å²) in [6, 6.07) is 6.44. The number of carbonyl (C=O) groups excluding carboxylic acids is 1. The first-order chi connectivity index (χ1) is 9.11. The molecule has 2 nitrogen and oxygen atoms in total. The van der Waals surface area contributed by atoms with Crippen LogP contribution >= 0.6 is 22.6 Å². The van der Waals surface area contributed by atoms with E-state index in [1.54, 1.807) is 0 Å². The number of rotatable bonds is 2. The van der Waals surface area contributed by atoms with Gasteiger partial charge in [-0.05, 0) is 78.6 Å². The minimum atomic E-state index is -0.217. The summed E-state index contributed by atoms with van der Waals surface area (Å²) >= 11 is 2.31. The van der Waals surface area contributed by atoms with Crippen molar-refractivity contribution in [1.29, 1.82) is 0 Å². The summed E-state index contributed by atoms with van der Waals surface area (Å²) < 4.78 is 6.32. The van der Waals surface area contributed by atoms with Gasteiger partial charge in [-0.2, -0.15) is 0 Å². The molecule has 0 spiro atoms. The van der Waals surface area contributed by atoms with E-state index in [2.05, 4.69) is 40.8 Å².